The zero-order valence-corrected chi connectivity index (χ0v) is 13.7. The summed E-state index contributed by atoms with van der Waals surface area (Å²) in [5, 5.41) is 4.35. The molecule has 2 rings (SSSR count). The summed E-state index contributed by atoms with van der Waals surface area (Å²) < 4.78 is 7.55. The quantitative estimate of drug-likeness (QED) is 0.574. The molecule has 1 saturated heterocycles. The van der Waals surface area contributed by atoms with Crippen molar-refractivity contribution in [2.24, 2.45) is 0 Å². The van der Waals surface area contributed by atoms with Crippen LogP contribution in [0.5, 0.6) is 0 Å². The number of aromatic nitrogens is 2. The predicted octanol–water partition coefficient (Wildman–Crippen LogP) is 2.55. The molecule has 0 spiro atoms. The molecule has 2 unspecified atom stereocenters. The Balaban J connectivity index is 1.96. The minimum atomic E-state index is -0.389. The van der Waals surface area contributed by atoms with Crippen molar-refractivity contribution in [1.82, 2.24) is 14.7 Å². The molecule has 0 bridgehead atoms. The Morgan fingerprint density at radius 2 is 2.41 bits per heavy atom. The van der Waals surface area contributed by atoms with E-state index in [4.69, 9.17) is 4.74 Å². The van der Waals surface area contributed by atoms with Gasteiger partial charge in [0, 0.05) is 12.7 Å². The number of ether oxygens (including phenoxy) is 1. The van der Waals surface area contributed by atoms with Gasteiger partial charge in [-0.1, -0.05) is 6.08 Å². The van der Waals surface area contributed by atoms with Gasteiger partial charge in [0.1, 0.15) is 6.10 Å². The summed E-state index contributed by atoms with van der Waals surface area (Å²) in [6, 6.07) is 0.214. The largest absolute Gasteiger partial charge is 0.368 e. The van der Waals surface area contributed by atoms with Gasteiger partial charge in [-0.05, 0) is 45.1 Å². The van der Waals surface area contributed by atoms with E-state index in [1.165, 1.54) is 6.42 Å². The molecule has 2 atom stereocenters. The minimum absolute atomic E-state index is 0.0950. The van der Waals surface area contributed by atoms with E-state index in [0.29, 0.717) is 6.61 Å². The number of likely N-dealkylation sites (tertiary alicyclic amines) is 1. The van der Waals surface area contributed by atoms with Crippen molar-refractivity contribution in [3.05, 3.63) is 30.6 Å². The van der Waals surface area contributed by atoms with E-state index in [0.717, 1.165) is 37.9 Å². The molecule has 0 aliphatic carbocycles. The van der Waals surface area contributed by atoms with Crippen molar-refractivity contribution >= 4 is 5.91 Å². The lowest BCUT2D eigenvalue weighted by Crippen LogP contribution is -2.49. The molecule has 1 amide bonds. The fraction of sp³-hybridized carbons (Fsp3) is 0.647. The first-order chi connectivity index (χ1) is 10.6. The first kappa shape index (κ1) is 16.7. The molecular weight excluding hydrogens is 278 g/mol. The minimum Gasteiger partial charge on any atom is -0.368 e. The highest BCUT2D eigenvalue weighted by Crippen LogP contribution is 2.20. The van der Waals surface area contributed by atoms with Gasteiger partial charge < -0.3 is 9.64 Å². The molecule has 5 heteroatoms. The average Bonchev–Trinajstić information content (AvgIpc) is 2.92. The third-order valence-corrected chi connectivity index (χ3v) is 4.11. The Morgan fingerprint density at radius 1 is 1.59 bits per heavy atom. The maximum atomic E-state index is 12.6. The van der Waals surface area contributed by atoms with E-state index in [2.05, 4.69) is 11.7 Å². The van der Waals surface area contributed by atoms with Crippen LogP contribution in [-0.2, 0) is 16.1 Å². The highest BCUT2D eigenvalue weighted by Gasteiger charge is 2.30. The lowest BCUT2D eigenvalue weighted by atomic mass is 10.0. The molecule has 122 valence electrons. The standard InChI is InChI=1S/C17H27N3O2/c1-4-5-10-22-15(3)17(21)20-9-7-6-8-16(20)13-19-12-14(2)11-18-19/h4,11-12,15-16H,1,5-10,13H2,2-3H3. The summed E-state index contributed by atoms with van der Waals surface area (Å²) in [6.07, 6.45) is 9.34. The van der Waals surface area contributed by atoms with E-state index < -0.39 is 0 Å². The van der Waals surface area contributed by atoms with Crippen LogP contribution < -0.4 is 0 Å². The van der Waals surface area contributed by atoms with E-state index in [1.54, 1.807) is 6.08 Å². The Morgan fingerprint density at radius 3 is 3.09 bits per heavy atom. The molecule has 1 aliphatic heterocycles. The molecule has 22 heavy (non-hydrogen) atoms. The number of amides is 1. The highest BCUT2D eigenvalue weighted by molar-refractivity contribution is 5.81. The van der Waals surface area contributed by atoms with Crippen LogP contribution in [0.25, 0.3) is 0 Å². The van der Waals surface area contributed by atoms with Crippen molar-refractivity contribution in [3.63, 3.8) is 0 Å². The molecular formula is C17H27N3O2. The van der Waals surface area contributed by atoms with Gasteiger partial charge in [0.15, 0.2) is 0 Å². The fourth-order valence-corrected chi connectivity index (χ4v) is 2.90. The molecule has 0 N–H and O–H groups in total. The molecule has 5 nitrogen and oxygen atoms in total. The Hall–Kier alpha value is -1.62. The summed E-state index contributed by atoms with van der Waals surface area (Å²) in [5.41, 5.74) is 1.15. The number of hydrogen-bond donors (Lipinski definition) is 0. The summed E-state index contributed by atoms with van der Waals surface area (Å²) >= 11 is 0. The predicted molar refractivity (Wildman–Crippen MR) is 86.5 cm³/mol. The first-order valence-corrected chi connectivity index (χ1v) is 8.14. The van der Waals surface area contributed by atoms with Gasteiger partial charge in [0.25, 0.3) is 5.91 Å². The third-order valence-electron chi connectivity index (χ3n) is 4.11. The van der Waals surface area contributed by atoms with E-state index in [-0.39, 0.29) is 18.1 Å². The van der Waals surface area contributed by atoms with Crippen LogP contribution in [0.1, 0.15) is 38.2 Å². The summed E-state index contributed by atoms with van der Waals surface area (Å²) in [6.45, 7) is 9.67. The number of rotatable bonds is 7. The lowest BCUT2D eigenvalue weighted by molar-refractivity contribution is -0.146. The van der Waals surface area contributed by atoms with Crippen LogP contribution in [-0.4, -0.2) is 45.9 Å². The smallest absolute Gasteiger partial charge is 0.251 e. The van der Waals surface area contributed by atoms with Crippen LogP contribution >= 0.6 is 0 Å². The van der Waals surface area contributed by atoms with Gasteiger partial charge in [0.05, 0.1) is 25.4 Å². The van der Waals surface area contributed by atoms with Gasteiger partial charge in [0.2, 0.25) is 0 Å². The second-order valence-electron chi connectivity index (χ2n) is 6.01. The van der Waals surface area contributed by atoms with E-state index in [9.17, 15) is 4.79 Å². The number of hydrogen-bond acceptors (Lipinski definition) is 3. The van der Waals surface area contributed by atoms with Gasteiger partial charge in [-0.15, -0.1) is 6.58 Å². The number of piperidine rings is 1. The number of aryl methyl sites for hydroxylation is 1. The monoisotopic (exact) mass is 305 g/mol. The summed E-state index contributed by atoms with van der Waals surface area (Å²) in [7, 11) is 0. The van der Waals surface area contributed by atoms with Crippen molar-refractivity contribution in [2.75, 3.05) is 13.2 Å². The maximum Gasteiger partial charge on any atom is 0.251 e. The molecule has 0 aromatic carbocycles. The second kappa shape index (κ2) is 8.13. The number of nitrogens with zero attached hydrogens (tertiary/aromatic N) is 3. The van der Waals surface area contributed by atoms with Crippen LogP contribution in [0.3, 0.4) is 0 Å². The van der Waals surface area contributed by atoms with Crippen LogP contribution in [0.15, 0.2) is 25.0 Å². The number of carbonyl (C=O) groups is 1. The average molecular weight is 305 g/mol. The fourth-order valence-electron chi connectivity index (χ4n) is 2.90. The zero-order chi connectivity index (χ0) is 15.9. The second-order valence-corrected chi connectivity index (χ2v) is 6.01. The van der Waals surface area contributed by atoms with Crippen molar-refractivity contribution in [3.8, 4) is 0 Å². The molecule has 0 saturated carbocycles. The van der Waals surface area contributed by atoms with Crippen LogP contribution in [0.4, 0.5) is 0 Å². The van der Waals surface area contributed by atoms with Crippen molar-refractivity contribution in [1.29, 1.82) is 0 Å². The van der Waals surface area contributed by atoms with E-state index >= 15 is 0 Å². The van der Waals surface area contributed by atoms with Gasteiger partial charge in [-0.2, -0.15) is 5.10 Å². The van der Waals surface area contributed by atoms with Gasteiger partial charge in [-0.25, -0.2) is 0 Å². The maximum absolute atomic E-state index is 12.6. The zero-order valence-electron chi connectivity index (χ0n) is 13.7. The Bertz CT molecular complexity index is 498. The lowest BCUT2D eigenvalue weighted by Gasteiger charge is -2.37. The number of carbonyl (C=O) groups excluding carboxylic acids is 1. The molecule has 1 aromatic rings. The normalized spacial score (nSPS) is 19.9. The molecule has 0 radical (unpaired) electrons. The first-order valence-electron chi connectivity index (χ1n) is 8.14. The Labute approximate surface area is 132 Å². The van der Waals surface area contributed by atoms with Gasteiger partial charge >= 0.3 is 0 Å². The van der Waals surface area contributed by atoms with Crippen molar-refractivity contribution < 1.29 is 9.53 Å². The molecule has 1 aromatic heterocycles. The Kier molecular flexibility index (Phi) is 6.19. The molecule has 1 fully saturated rings. The topological polar surface area (TPSA) is 47.4 Å². The molecule has 1 aliphatic rings. The van der Waals surface area contributed by atoms with Crippen molar-refractivity contribution in [2.45, 2.75) is 58.2 Å². The molecule has 2 heterocycles. The van der Waals surface area contributed by atoms with E-state index in [1.807, 2.05) is 35.8 Å². The van der Waals surface area contributed by atoms with Gasteiger partial charge in [-0.3, -0.25) is 9.48 Å². The summed E-state index contributed by atoms with van der Waals surface area (Å²) in [4.78, 5) is 14.6. The van der Waals surface area contributed by atoms with Crippen LogP contribution in [0.2, 0.25) is 0 Å². The SMILES string of the molecule is C=CCCOC(C)C(=O)N1CCCCC1Cn1cc(C)cn1. The highest BCUT2D eigenvalue weighted by atomic mass is 16.5. The van der Waals surface area contributed by atoms with Crippen LogP contribution in [0, 0.1) is 6.92 Å². The third kappa shape index (κ3) is 4.44. The summed E-state index contributed by atoms with van der Waals surface area (Å²) in [5.74, 6) is 0.0950.